The van der Waals surface area contributed by atoms with Gasteiger partial charge in [0.2, 0.25) is 0 Å². The third-order valence-corrected chi connectivity index (χ3v) is 4.17. The van der Waals surface area contributed by atoms with Crippen molar-refractivity contribution in [1.82, 2.24) is 5.32 Å². The molecule has 0 saturated carbocycles. The van der Waals surface area contributed by atoms with E-state index in [2.05, 4.69) is 35.8 Å². The number of rotatable bonds is 6. The van der Waals surface area contributed by atoms with Crippen LogP contribution in [0.15, 0.2) is 41.8 Å². The number of thiophene rings is 1. The maximum atomic E-state index is 6.04. The Labute approximate surface area is 118 Å². The highest BCUT2D eigenvalue weighted by molar-refractivity contribution is 7.09. The fourth-order valence-corrected chi connectivity index (χ4v) is 2.95. The van der Waals surface area contributed by atoms with Crippen LogP contribution in [0.1, 0.15) is 29.8 Å². The Hall–Kier alpha value is -0.830. The number of halogens is 1. The maximum absolute atomic E-state index is 6.04. The molecule has 0 radical (unpaired) electrons. The Morgan fingerprint density at radius 2 is 2.17 bits per heavy atom. The zero-order valence-corrected chi connectivity index (χ0v) is 12.1. The summed E-state index contributed by atoms with van der Waals surface area (Å²) in [5.41, 5.74) is 1.27. The third-order valence-electron chi connectivity index (χ3n) is 3.00. The van der Waals surface area contributed by atoms with E-state index in [-0.39, 0.29) is 0 Å². The van der Waals surface area contributed by atoms with Gasteiger partial charge in [-0.3, -0.25) is 0 Å². The van der Waals surface area contributed by atoms with Crippen molar-refractivity contribution in [3.05, 3.63) is 57.2 Å². The number of benzene rings is 1. The van der Waals surface area contributed by atoms with Gasteiger partial charge in [0.05, 0.1) is 0 Å². The van der Waals surface area contributed by atoms with Crippen LogP contribution in [-0.4, -0.2) is 6.54 Å². The van der Waals surface area contributed by atoms with E-state index in [4.69, 9.17) is 11.6 Å². The summed E-state index contributed by atoms with van der Waals surface area (Å²) >= 11 is 7.85. The summed E-state index contributed by atoms with van der Waals surface area (Å²) in [4.78, 5) is 1.43. The molecule has 2 aromatic rings. The predicted octanol–water partition coefficient (Wildman–Crippen LogP) is 4.68. The smallest absolute Gasteiger partial charge is 0.0409 e. The molecule has 0 aliphatic rings. The topological polar surface area (TPSA) is 12.0 Å². The predicted molar refractivity (Wildman–Crippen MR) is 80.5 cm³/mol. The van der Waals surface area contributed by atoms with Crippen molar-refractivity contribution in [2.75, 3.05) is 6.54 Å². The lowest BCUT2D eigenvalue weighted by atomic mass is 10.0. The van der Waals surface area contributed by atoms with Crippen LogP contribution >= 0.6 is 22.9 Å². The molecule has 0 fully saturated rings. The molecule has 2 rings (SSSR count). The quantitative estimate of drug-likeness (QED) is 0.809. The molecule has 0 amide bonds. The second-order valence-corrected chi connectivity index (χ2v) is 5.77. The second-order valence-electron chi connectivity index (χ2n) is 4.30. The van der Waals surface area contributed by atoms with E-state index in [1.54, 1.807) is 0 Å². The fourth-order valence-electron chi connectivity index (χ4n) is 2.05. The van der Waals surface area contributed by atoms with Crippen LogP contribution in [0.2, 0.25) is 5.02 Å². The molecule has 0 bridgehead atoms. The van der Waals surface area contributed by atoms with Crippen LogP contribution in [0.3, 0.4) is 0 Å². The van der Waals surface area contributed by atoms with Crippen molar-refractivity contribution in [2.45, 2.75) is 25.8 Å². The van der Waals surface area contributed by atoms with Gasteiger partial charge in [-0.25, -0.2) is 0 Å². The van der Waals surface area contributed by atoms with Crippen LogP contribution in [0.4, 0.5) is 0 Å². The van der Waals surface area contributed by atoms with E-state index in [1.165, 1.54) is 10.4 Å². The van der Waals surface area contributed by atoms with Gasteiger partial charge >= 0.3 is 0 Å². The summed E-state index contributed by atoms with van der Waals surface area (Å²) in [6.07, 6.45) is 2.17. The van der Waals surface area contributed by atoms with E-state index in [9.17, 15) is 0 Å². The molecule has 0 saturated heterocycles. The van der Waals surface area contributed by atoms with Gasteiger partial charge in [-0.15, -0.1) is 11.3 Å². The van der Waals surface area contributed by atoms with Crippen molar-refractivity contribution < 1.29 is 0 Å². The molecule has 1 aromatic heterocycles. The monoisotopic (exact) mass is 279 g/mol. The maximum Gasteiger partial charge on any atom is 0.0409 e. The Kier molecular flexibility index (Phi) is 5.24. The highest BCUT2D eigenvalue weighted by Crippen LogP contribution is 2.20. The Balaban J connectivity index is 1.89. The minimum atomic E-state index is 0.392. The number of nitrogens with one attached hydrogen (secondary N) is 1. The third kappa shape index (κ3) is 3.84. The van der Waals surface area contributed by atoms with Gasteiger partial charge in [0.1, 0.15) is 0 Å². The van der Waals surface area contributed by atoms with E-state index < -0.39 is 0 Å². The summed E-state index contributed by atoms with van der Waals surface area (Å²) in [6, 6.07) is 12.8. The van der Waals surface area contributed by atoms with Gasteiger partial charge in [-0.1, -0.05) is 36.7 Å². The van der Waals surface area contributed by atoms with Gasteiger partial charge in [0.15, 0.2) is 0 Å². The molecule has 1 heterocycles. The highest BCUT2D eigenvalue weighted by atomic mass is 35.5. The van der Waals surface area contributed by atoms with E-state index in [1.807, 2.05) is 29.5 Å². The fraction of sp³-hybridized carbons (Fsp3) is 0.333. The molecule has 3 heteroatoms. The van der Waals surface area contributed by atoms with Crippen LogP contribution < -0.4 is 5.32 Å². The van der Waals surface area contributed by atoms with Crippen molar-refractivity contribution in [1.29, 1.82) is 0 Å². The summed E-state index contributed by atoms with van der Waals surface area (Å²) in [5.74, 6) is 0. The molecular formula is C15H18ClNS. The lowest BCUT2D eigenvalue weighted by Gasteiger charge is -2.17. The van der Waals surface area contributed by atoms with Gasteiger partial charge < -0.3 is 5.32 Å². The van der Waals surface area contributed by atoms with Crippen molar-refractivity contribution in [2.24, 2.45) is 0 Å². The Morgan fingerprint density at radius 3 is 2.83 bits per heavy atom. The largest absolute Gasteiger partial charge is 0.310 e. The summed E-state index contributed by atoms with van der Waals surface area (Å²) in [5, 5.41) is 6.54. The Morgan fingerprint density at radius 1 is 1.28 bits per heavy atom. The lowest BCUT2D eigenvalue weighted by molar-refractivity contribution is 0.524. The molecule has 0 aliphatic carbocycles. The van der Waals surface area contributed by atoms with Crippen molar-refractivity contribution in [3.63, 3.8) is 0 Å². The lowest BCUT2D eigenvalue weighted by Crippen LogP contribution is -2.23. The molecule has 1 unspecified atom stereocenters. The van der Waals surface area contributed by atoms with Crippen LogP contribution in [0, 0.1) is 0 Å². The molecule has 1 nitrogen and oxygen atoms in total. The molecule has 96 valence electrons. The molecule has 0 aliphatic heterocycles. The number of hydrogen-bond donors (Lipinski definition) is 1. The zero-order valence-electron chi connectivity index (χ0n) is 10.5. The first-order valence-corrected chi connectivity index (χ1v) is 7.56. The molecule has 1 atom stereocenters. The van der Waals surface area contributed by atoms with Crippen molar-refractivity contribution in [3.8, 4) is 0 Å². The highest BCUT2D eigenvalue weighted by Gasteiger charge is 2.08. The first kappa shape index (κ1) is 13.6. The molecule has 0 spiro atoms. The minimum absolute atomic E-state index is 0.392. The standard InChI is InChI=1S/C15H18ClNS/c1-2-15(12-5-3-6-13(16)11-12)17-9-8-14-7-4-10-18-14/h3-7,10-11,15,17H,2,8-9H2,1H3. The van der Waals surface area contributed by atoms with Gasteiger partial charge in [0.25, 0.3) is 0 Å². The zero-order chi connectivity index (χ0) is 12.8. The minimum Gasteiger partial charge on any atom is -0.310 e. The molecule has 18 heavy (non-hydrogen) atoms. The van der Waals surface area contributed by atoms with Gasteiger partial charge in [0, 0.05) is 22.5 Å². The second kappa shape index (κ2) is 6.93. The van der Waals surface area contributed by atoms with Crippen LogP contribution in [0.25, 0.3) is 0 Å². The van der Waals surface area contributed by atoms with Crippen LogP contribution in [0.5, 0.6) is 0 Å². The van der Waals surface area contributed by atoms with Gasteiger partial charge in [-0.05, 0) is 42.0 Å². The number of hydrogen-bond acceptors (Lipinski definition) is 2. The summed E-state index contributed by atoms with van der Waals surface area (Å²) in [7, 11) is 0. The van der Waals surface area contributed by atoms with Crippen LogP contribution in [-0.2, 0) is 6.42 Å². The Bertz CT molecular complexity index is 467. The average molecular weight is 280 g/mol. The first-order chi connectivity index (χ1) is 8.79. The normalized spacial score (nSPS) is 12.6. The average Bonchev–Trinajstić information content (AvgIpc) is 2.88. The SMILES string of the molecule is CCC(NCCc1cccs1)c1cccc(Cl)c1. The van der Waals surface area contributed by atoms with E-state index in [0.29, 0.717) is 6.04 Å². The molecule has 1 aromatic carbocycles. The first-order valence-electron chi connectivity index (χ1n) is 6.31. The van der Waals surface area contributed by atoms with E-state index >= 15 is 0 Å². The summed E-state index contributed by atoms with van der Waals surface area (Å²) in [6.45, 7) is 3.20. The summed E-state index contributed by atoms with van der Waals surface area (Å²) < 4.78 is 0. The van der Waals surface area contributed by atoms with E-state index in [0.717, 1.165) is 24.4 Å². The van der Waals surface area contributed by atoms with Gasteiger partial charge in [-0.2, -0.15) is 0 Å². The molecular weight excluding hydrogens is 262 g/mol. The molecule has 1 N–H and O–H groups in total. The van der Waals surface area contributed by atoms with Crippen molar-refractivity contribution >= 4 is 22.9 Å².